The average Bonchev–Trinajstić information content (AvgIpc) is 3.11. The molecule has 9 nitrogen and oxygen atoms in total. The fourth-order valence-corrected chi connectivity index (χ4v) is 2.49. The number of nitrogens with two attached hydrogens (primary N) is 1. The summed E-state index contributed by atoms with van der Waals surface area (Å²) in [7, 11) is 3.80. The van der Waals surface area contributed by atoms with Crippen molar-refractivity contribution in [2.75, 3.05) is 24.7 Å². The molecule has 2 heterocycles. The van der Waals surface area contributed by atoms with Gasteiger partial charge in [-0.1, -0.05) is 19.1 Å². The normalized spacial score (nSPS) is 10.6. The summed E-state index contributed by atoms with van der Waals surface area (Å²) in [5.41, 5.74) is 8.57. The Morgan fingerprint density at radius 3 is 2.70 bits per heavy atom. The highest BCUT2D eigenvalue weighted by Gasteiger charge is 2.11. The highest BCUT2D eigenvalue weighted by molar-refractivity contribution is 5.95. The number of aromatic amines is 1. The van der Waals surface area contributed by atoms with Crippen LogP contribution in [0.4, 0.5) is 11.9 Å². The van der Waals surface area contributed by atoms with Crippen LogP contribution < -0.4 is 16.0 Å². The SMILES string of the molecule is CCc1cc(-c2cccc(C(=O)NCc3nc(N)n[nH]3)c2)nc(N(C)C)n1. The van der Waals surface area contributed by atoms with E-state index in [-0.39, 0.29) is 18.4 Å². The van der Waals surface area contributed by atoms with Crippen molar-refractivity contribution in [1.82, 2.24) is 30.5 Å². The van der Waals surface area contributed by atoms with Crippen LogP contribution in [-0.4, -0.2) is 45.2 Å². The highest BCUT2D eigenvalue weighted by Crippen LogP contribution is 2.22. The van der Waals surface area contributed by atoms with Crippen molar-refractivity contribution in [2.45, 2.75) is 19.9 Å². The van der Waals surface area contributed by atoms with Crippen molar-refractivity contribution < 1.29 is 4.79 Å². The lowest BCUT2D eigenvalue weighted by Crippen LogP contribution is -2.23. The number of amides is 1. The van der Waals surface area contributed by atoms with E-state index >= 15 is 0 Å². The van der Waals surface area contributed by atoms with Gasteiger partial charge in [-0.05, 0) is 24.6 Å². The summed E-state index contributed by atoms with van der Waals surface area (Å²) in [5.74, 6) is 1.07. The Morgan fingerprint density at radius 1 is 1.22 bits per heavy atom. The minimum absolute atomic E-state index is 0.147. The largest absolute Gasteiger partial charge is 0.367 e. The third-order valence-electron chi connectivity index (χ3n) is 3.92. The Bertz CT molecular complexity index is 950. The van der Waals surface area contributed by atoms with Gasteiger partial charge in [-0.25, -0.2) is 9.97 Å². The number of anilines is 2. The second-order valence-electron chi connectivity index (χ2n) is 6.20. The number of nitrogen functional groups attached to an aromatic ring is 1. The number of hydrogen-bond donors (Lipinski definition) is 3. The van der Waals surface area contributed by atoms with Gasteiger partial charge < -0.3 is 16.0 Å². The van der Waals surface area contributed by atoms with Gasteiger partial charge in [0.25, 0.3) is 5.91 Å². The Morgan fingerprint density at radius 2 is 2.04 bits per heavy atom. The molecule has 0 aliphatic rings. The Hall–Kier alpha value is -3.49. The summed E-state index contributed by atoms with van der Waals surface area (Å²) >= 11 is 0. The van der Waals surface area contributed by atoms with Crippen molar-refractivity contribution in [2.24, 2.45) is 0 Å². The van der Waals surface area contributed by atoms with Crippen LogP contribution >= 0.6 is 0 Å². The summed E-state index contributed by atoms with van der Waals surface area (Å²) in [6, 6.07) is 9.27. The smallest absolute Gasteiger partial charge is 0.251 e. The topological polar surface area (TPSA) is 126 Å². The maximum atomic E-state index is 12.5. The summed E-state index contributed by atoms with van der Waals surface area (Å²) in [6.07, 6.45) is 0.802. The summed E-state index contributed by atoms with van der Waals surface area (Å²) in [4.78, 5) is 27.4. The number of hydrogen-bond acceptors (Lipinski definition) is 7. The van der Waals surface area contributed by atoms with Gasteiger partial charge in [0.05, 0.1) is 12.2 Å². The molecule has 0 bridgehead atoms. The first-order valence-electron chi connectivity index (χ1n) is 8.57. The minimum atomic E-state index is -0.218. The van der Waals surface area contributed by atoms with Crippen LogP contribution in [0.1, 0.15) is 28.8 Å². The molecule has 3 aromatic rings. The standard InChI is InChI=1S/C18H22N8O/c1-4-13-9-14(22-18(21-13)26(2)3)11-6-5-7-12(8-11)16(27)20-10-15-23-17(19)25-24-15/h5-9H,4,10H2,1-3H3,(H,20,27)(H3,19,23,24,25). The van der Waals surface area contributed by atoms with Crippen molar-refractivity contribution in [3.8, 4) is 11.3 Å². The molecule has 0 saturated heterocycles. The number of aromatic nitrogens is 5. The molecule has 0 radical (unpaired) electrons. The van der Waals surface area contributed by atoms with Crippen LogP contribution in [0, 0.1) is 0 Å². The first kappa shape index (κ1) is 18.3. The lowest BCUT2D eigenvalue weighted by atomic mass is 10.1. The van der Waals surface area contributed by atoms with Gasteiger partial charge in [0, 0.05) is 30.9 Å². The molecule has 27 heavy (non-hydrogen) atoms. The lowest BCUT2D eigenvalue weighted by molar-refractivity contribution is 0.0950. The number of benzene rings is 1. The Kier molecular flexibility index (Phi) is 5.30. The number of rotatable bonds is 6. The first-order valence-corrected chi connectivity index (χ1v) is 8.57. The van der Waals surface area contributed by atoms with E-state index in [0.717, 1.165) is 23.4 Å². The molecule has 0 spiro atoms. The third-order valence-corrected chi connectivity index (χ3v) is 3.92. The Labute approximate surface area is 157 Å². The van der Waals surface area contributed by atoms with Gasteiger partial charge in [-0.2, -0.15) is 4.98 Å². The quantitative estimate of drug-likeness (QED) is 0.602. The van der Waals surface area contributed by atoms with E-state index in [1.807, 2.05) is 50.2 Å². The van der Waals surface area contributed by atoms with Crippen molar-refractivity contribution in [3.63, 3.8) is 0 Å². The molecule has 0 atom stereocenters. The molecule has 2 aromatic heterocycles. The number of H-pyrrole nitrogens is 1. The minimum Gasteiger partial charge on any atom is -0.367 e. The van der Waals surface area contributed by atoms with Gasteiger partial charge in [0.1, 0.15) is 5.82 Å². The first-order chi connectivity index (χ1) is 13.0. The van der Waals surface area contributed by atoms with Crippen LogP contribution in [0.3, 0.4) is 0 Å². The second kappa shape index (κ2) is 7.81. The number of nitrogens with zero attached hydrogens (tertiary/aromatic N) is 5. The number of carbonyl (C=O) groups is 1. The van der Waals surface area contributed by atoms with E-state index in [1.165, 1.54) is 0 Å². The molecule has 0 saturated carbocycles. The number of nitrogens with one attached hydrogen (secondary N) is 2. The van der Waals surface area contributed by atoms with Gasteiger partial charge in [0.2, 0.25) is 11.9 Å². The zero-order chi connectivity index (χ0) is 19.4. The molecule has 0 aliphatic carbocycles. The molecule has 0 unspecified atom stereocenters. The predicted octanol–water partition coefficient (Wildman–Crippen LogP) is 1.40. The second-order valence-corrected chi connectivity index (χ2v) is 6.20. The van der Waals surface area contributed by atoms with E-state index in [0.29, 0.717) is 17.3 Å². The van der Waals surface area contributed by atoms with Gasteiger partial charge in [0.15, 0.2) is 0 Å². The maximum absolute atomic E-state index is 12.5. The summed E-state index contributed by atoms with van der Waals surface area (Å²) < 4.78 is 0. The van der Waals surface area contributed by atoms with Gasteiger partial charge >= 0.3 is 0 Å². The molecular weight excluding hydrogens is 344 g/mol. The number of carbonyl (C=O) groups excluding carboxylic acids is 1. The van der Waals surface area contributed by atoms with Crippen LogP contribution in [0.2, 0.25) is 0 Å². The molecular formula is C18H22N8O. The zero-order valence-electron chi connectivity index (χ0n) is 15.5. The fourth-order valence-electron chi connectivity index (χ4n) is 2.49. The van der Waals surface area contributed by atoms with Crippen molar-refractivity contribution >= 4 is 17.8 Å². The van der Waals surface area contributed by atoms with Gasteiger partial charge in [-0.15, -0.1) is 5.10 Å². The fraction of sp³-hybridized carbons (Fsp3) is 0.278. The summed E-state index contributed by atoms with van der Waals surface area (Å²) in [6.45, 7) is 2.26. The molecule has 0 aliphatic heterocycles. The Balaban J connectivity index is 1.82. The molecule has 0 fully saturated rings. The molecule has 1 aromatic carbocycles. The molecule has 4 N–H and O–H groups in total. The average molecular weight is 366 g/mol. The zero-order valence-corrected chi connectivity index (χ0v) is 15.5. The molecule has 9 heteroatoms. The van der Waals surface area contributed by atoms with Crippen LogP contribution in [0.5, 0.6) is 0 Å². The molecule has 140 valence electrons. The number of aryl methyl sites for hydroxylation is 1. The maximum Gasteiger partial charge on any atom is 0.251 e. The van der Waals surface area contributed by atoms with E-state index in [9.17, 15) is 4.79 Å². The van der Waals surface area contributed by atoms with E-state index in [1.54, 1.807) is 6.07 Å². The van der Waals surface area contributed by atoms with Gasteiger partial charge in [-0.3, -0.25) is 9.89 Å². The highest BCUT2D eigenvalue weighted by atomic mass is 16.1. The van der Waals surface area contributed by atoms with Crippen LogP contribution in [0.25, 0.3) is 11.3 Å². The lowest BCUT2D eigenvalue weighted by Gasteiger charge is -2.13. The van der Waals surface area contributed by atoms with Crippen LogP contribution in [0.15, 0.2) is 30.3 Å². The monoisotopic (exact) mass is 366 g/mol. The van der Waals surface area contributed by atoms with E-state index in [4.69, 9.17) is 5.73 Å². The molecule has 1 amide bonds. The third kappa shape index (κ3) is 4.38. The molecule has 3 rings (SSSR count). The van der Waals surface area contributed by atoms with E-state index in [2.05, 4.69) is 30.5 Å². The van der Waals surface area contributed by atoms with Crippen LogP contribution in [-0.2, 0) is 13.0 Å². The van der Waals surface area contributed by atoms with E-state index < -0.39 is 0 Å². The predicted molar refractivity (Wildman–Crippen MR) is 103 cm³/mol. The summed E-state index contributed by atoms with van der Waals surface area (Å²) in [5, 5.41) is 9.18. The van der Waals surface area contributed by atoms with Crippen molar-refractivity contribution in [1.29, 1.82) is 0 Å². The van der Waals surface area contributed by atoms with Crippen molar-refractivity contribution in [3.05, 3.63) is 47.4 Å².